The van der Waals surface area contributed by atoms with Crippen LogP contribution in [0.5, 0.6) is 0 Å². The summed E-state index contributed by atoms with van der Waals surface area (Å²) in [5.41, 5.74) is 1.17. The molecule has 1 heterocycles. The monoisotopic (exact) mass is 356 g/mol. The van der Waals surface area contributed by atoms with Gasteiger partial charge in [0.1, 0.15) is 5.60 Å². The molecule has 0 N–H and O–H groups in total. The molecule has 0 bridgehead atoms. The maximum absolute atomic E-state index is 12.8. The fraction of sp³-hybridized carbons (Fsp3) is 0.636. The SMILES string of the molecule is COC1=CC(=O)C2=C(CC3(O2)C(C)=CCC2C(C)(C)CCCC23C)C1=O. The average molecular weight is 356 g/mol. The minimum Gasteiger partial charge on any atom is -0.493 e. The lowest BCUT2D eigenvalue weighted by Crippen LogP contribution is -2.59. The number of carbonyl (C=O) groups excluding carboxylic acids is 2. The lowest BCUT2D eigenvalue weighted by molar-refractivity contribution is -0.148. The molecule has 4 heteroatoms. The summed E-state index contributed by atoms with van der Waals surface area (Å²) < 4.78 is 11.6. The number of Topliss-reactive ketones (excluding diaryl/α,β-unsaturated/α-hetero) is 1. The summed E-state index contributed by atoms with van der Waals surface area (Å²) in [4.78, 5) is 25.4. The average Bonchev–Trinajstić information content (AvgIpc) is 2.99. The maximum Gasteiger partial charge on any atom is 0.227 e. The maximum atomic E-state index is 12.8. The van der Waals surface area contributed by atoms with Crippen molar-refractivity contribution in [1.82, 2.24) is 0 Å². The highest BCUT2D eigenvalue weighted by molar-refractivity contribution is 6.21. The molecule has 0 amide bonds. The summed E-state index contributed by atoms with van der Waals surface area (Å²) >= 11 is 0. The molecule has 0 saturated heterocycles. The molecule has 1 aliphatic heterocycles. The van der Waals surface area contributed by atoms with Crippen molar-refractivity contribution < 1.29 is 19.1 Å². The van der Waals surface area contributed by atoms with E-state index in [0.29, 0.717) is 17.9 Å². The topological polar surface area (TPSA) is 52.6 Å². The van der Waals surface area contributed by atoms with Gasteiger partial charge in [0, 0.05) is 17.9 Å². The lowest BCUT2D eigenvalue weighted by Gasteiger charge is -2.60. The van der Waals surface area contributed by atoms with Gasteiger partial charge < -0.3 is 9.47 Å². The molecule has 1 spiro atoms. The molecule has 0 aromatic rings. The van der Waals surface area contributed by atoms with E-state index in [1.54, 1.807) is 0 Å². The Morgan fingerprint density at radius 3 is 2.62 bits per heavy atom. The molecular formula is C22H28O4. The molecule has 140 valence electrons. The van der Waals surface area contributed by atoms with Crippen LogP contribution < -0.4 is 0 Å². The van der Waals surface area contributed by atoms with Gasteiger partial charge in [-0.05, 0) is 43.1 Å². The predicted molar refractivity (Wildman–Crippen MR) is 98.2 cm³/mol. The van der Waals surface area contributed by atoms with E-state index in [1.165, 1.54) is 19.6 Å². The van der Waals surface area contributed by atoms with Crippen molar-refractivity contribution in [2.75, 3.05) is 7.11 Å². The van der Waals surface area contributed by atoms with Gasteiger partial charge in [0.15, 0.2) is 11.5 Å². The zero-order valence-electron chi connectivity index (χ0n) is 16.4. The highest BCUT2D eigenvalue weighted by atomic mass is 16.5. The molecule has 0 aromatic heterocycles. The van der Waals surface area contributed by atoms with Crippen LogP contribution in [-0.2, 0) is 19.1 Å². The standard InChI is InChI=1S/C22H28O4/c1-13-7-8-17-20(2,3)9-6-10-21(17,4)22(13)12-14-18(24)16(25-5)11-15(23)19(14)26-22/h7,11,17H,6,8-10,12H2,1-5H3. The van der Waals surface area contributed by atoms with Gasteiger partial charge in [-0.1, -0.05) is 33.3 Å². The minimum absolute atomic E-state index is 0.0985. The first-order valence-corrected chi connectivity index (χ1v) is 9.60. The molecule has 26 heavy (non-hydrogen) atoms. The van der Waals surface area contributed by atoms with Crippen molar-refractivity contribution in [3.05, 3.63) is 34.8 Å². The van der Waals surface area contributed by atoms with E-state index in [0.717, 1.165) is 24.8 Å². The molecule has 0 aromatic carbocycles. The van der Waals surface area contributed by atoms with Gasteiger partial charge in [-0.3, -0.25) is 9.59 Å². The molecule has 4 nitrogen and oxygen atoms in total. The molecular weight excluding hydrogens is 328 g/mol. The highest BCUT2D eigenvalue weighted by Crippen LogP contribution is 2.65. The van der Waals surface area contributed by atoms with E-state index >= 15 is 0 Å². The van der Waals surface area contributed by atoms with E-state index in [1.807, 2.05) is 0 Å². The first kappa shape index (κ1) is 17.6. The van der Waals surface area contributed by atoms with Crippen LogP contribution in [-0.4, -0.2) is 24.3 Å². The number of fused-ring (bicyclic) bond motifs is 2. The molecule has 1 fully saturated rings. The summed E-state index contributed by atoms with van der Waals surface area (Å²) in [5.74, 6) is 0.384. The van der Waals surface area contributed by atoms with Gasteiger partial charge in [-0.2, -0.15) is 0 Å². The van der Waals surface area contributed by atoms with E-state index in [9.17, 15) is 9.59 Å². The smallest absolute Gasteiger partial charge is 0.227 e. The zero-order chi connectivity index (χ0) is 18.9. The van der Waals surface area contributed by atoms with E-state index in [4.69, 9.17) is 9.47 Å². The number of ether oxygens (including phenoxy) is 2. The summed E-state index contributed by atoms with van der Waals surface area (Å²) in [6, 6.07) is 0. The molecule has 4 rings (SSSR count). The first-order chi connectivity index (χ1) is 12.2. The molecule has 3 unspecified atom stereocenters. The highest BCUT2D eigenvalue weighted by Gasteiger charge is 2.64. The fourth-order valence-corrected chi connectivity index (χ4v) is 6.17. The lowest BCUT2D eigenvalue weighted by atomic mass is 9.46. The Morgan fingerprint density at radius 1 is 1.19 bits per heavy atom. The number of rotatable bonds is 1. The number of ketones is 2. The summed E-state index contributed by atoms with van der Waals surface area (Å²) in [6.07, 6.45) is 8.46. The van der Waals surface area contributed by atoms with Gasteiger partial charge in [0.25, 0.3) is 0 Å². The zero-order valence-corrected chi connectivity index (χ0v) is 16.4. The summed E-state index contributed by atoms with van der Waals surface area (Å²) in [7, 11) is 1.43. The number of hydrogen-bond acceptors (Lipinski definition) is 4. The first-order valence-electron chi connectivity index (χ1n) is 9.60. The molecule has 3 aliphatic carbocycles. The largest absolute Gasteiger partial charge is 0.493 e. The van der Waals surface area contributed by atoms with Crippen molar-refractivity contribution in [1.29, 1.82) is 0 Å². The Bertz CT molecular complexity index is 797. The Morgan fingerprint density at radius 2 is 1.92 bits per heavy atom. The summed E-state index contributed by atoms with van der Waals surface area (Å²) in [5, 5.41) is 0. The second-order valence-corrected chi connectivity index (χ2v) is 9.25. The van der Waals surface area contributed by atoms with Crippen LogP contribution in [0.3, 0.4) is 0 Å². The second-order valence-electron chi connectivity index (χ2n) is 9.25. The predicted octanol–water partition coefficient (Wildman–Crippen LogP) is 4.26. The minimum atomic E-state index is -0.597. The van der Waals surface area contributed by atoms with Crippen LogP contribution in [0, 0.1) is 16.7 Å². The molecule has 3 atom stereocenters. The number of allylic oxidation sites excluding steroid dienone is 3. The molecule has 0 radical (unpaired) electrons. The van der Waals surface area contributed by atoms with Crippen molar-refractivity contribution >= 4 is 11.6 Å². The van der Waals surface area contributed by atoms with Crippen LogP contribution in [0.2, 0.25) is 0 Å². The van der Waals surface area contributed by atoms with Crippen molar-refractivity contribution in [3.8, 4) is 0 Å². The van der Waals surface area contributed by atoms with Gasteiger partial charge >= 0.3 is 0 Å². The van der Waals surface area contributed by atoms with Crippen molar-refractivity contribution in [2.45, 2.75) is 65.4 Å². The van der Waals surface area contributed by atoms with Crippen molar-refractivity contribution in [3.63, 3.8) is 0 Å². The van der Waals surface area contributed by atoms with Crippen LogP contribution in [0.1, 0.15) is 59.8 Å². The quantitative estimate of drug-likeness (QED) is 0.520. The van der Waals surface area contributed by atoms with E-state index < -0.39 is 5.60 Å². The van der Waals surface area contributed by atoms with Crippen LogP contribution in [0.25, 0.3) is 0 Å². The van der Waals surface area contributed by atoms with Gasteiger partial charge in [-0.15, -0.1) is 0 Å². The Hall–Kier alpha value is -1.84. The Balaban J connectivity index is 1.81. The third-order valence-electron chi connectivity index (χ3n) is 7.63. The van der Waals surface area contributed by atoms with Crippen LogP contribution in [0.15, 0.2) is 34.8 Å². The van der Waals surface area contributed by atoms with Gasteiger partial charge in [-0.25, -0.2) is 0 Å². The molecule has 1 saturated carbocycles. The van der Waals surface area contributed by atoms with Crippen LogP contribution >= 0.6 is 0 Å². The number of carbonyl (C=O) groups is 2. The number of hydrogen-bond donors (Lipinski definition) is 0. The van der Waals surface area contributed by atoms with Crippen molar-refractivity contribution in [2.24, 2.45) is 16.7 Å². The number of methoxy groups -OCH3 is 1. The third kappa shape index (κ3) is 2.02. The van der Waals surface area contributed by atoms with Gasteiger partial charge in [0.2, 0.25) is 11.6 Å². The Kier molecular flexibility index (Phi) is 3.61. The normalized spacial score (nSPS) is 38.4. The van der Waals surface area contributed by atoms with E-state index in [2.05, 4.69) is 33.8 Å². The second kappa shape index (κ2) is 5.34. The van der Waals surface area contributed by atoms with Crippen LogP contribution in [0.4, 0.5) is 0 Å². The van der Waals surface area contributed by atoms with E-state index in [-0.39, 0.29) is 33.9 Å². The fourth-order valence-electron chi connectivity index (χ4n) is 6.17. The van der Waals surface area contributed by atoms with Gasteiger partial charge in [0.05, 0.1) is 12.7 Å². The Labute approximate surface area is 155 Å². The summed E-state index contributed by atoms with van der Waals surface area (Å²) in [6.45, 7) is 9.11. The molecule has 4 aliphatic rings. The third-order valence-corrected chi connectivity index (χ3v) is 7.63.